The van der Waals surface area contributed by atoms with Gasteiger partial charge in [0.05, 0.1) is 0 Å². The molecule has 14 heavy (non-hydrogen) atoms. The quantitative estimate of drug-likeness (QED) is 0.631. The summed E-state index contributed by atoms with van der Waals surface area (Å²) >= 11 is 0. The van der Waals surface area contributed by atoms with Gasteiger partial charge in [-0.05, 0) is 13.0 Å². The molecule has 2 rings (SSSR count). The van der Waals surface area contributed by atoms with Crippen molar-refractivity contribution in [2.75, 3.05) is 0 Å². The van der Waals surface area contributed by atoms with Crippen LogP contribution in [-0.4, -0.2) is 0 Å². The summed E-state index contributed by atoms with van der Waals surface area (Å²) in [7, 11) is 0. The number of rotatable bonds is 2. The van der Waals surface area contributed by atoms with Crippen molar-refractivity contribution in [2.45, 2.75) is 13.5 Å². The Hall–Kier alpha value is -1.63. The zero-order valence-corrected chi connectivity index (χ0v) is 8.35. The highest BCUT2D eigenvalue weighted by Gasteiger charge is 2.00. The zero-order chi connectivity index (χ0) is 9.80. The van der Waals surface area contributed by atoms with Gasteiger partial charge in [-0.3, -0.25) is 0 Å². The topological polar surface area (TPSA) is 3.88 Å². The number of hydrogen-bond acceptors (Lipinski definition) is 0. The molecule has 0 bridgehead atoms. The van der Waals surface area contributed by atoms with E-state index in [-0.39, 0.29) is 0 Å². The van der Waals surface area contributed by atoms with Crippen LogP contribution in [-0.2, 0) is 6.54 Å². The van der Waals surface area contributed by atoms with Crippen molar-refractivity contribution in [3.63, 3.8) is 0 Å². The highest BCUT2D eigenvalue weighted by atomic mass is 14.9. The Morgan fingerprint density at radius 1 is 1.00 bits per heavy atom. The van der Waals surface area contributed by atoms with Gasteiger partial charge < -0.3 is 0 Å². The highest BCUT2D eigenvalue weighted by Crippen LogP contribution is 1.98. The first-order valence-corrected chi connectivity index (χ1v) is 4.84. The van der Waals surface area contributed by atoms with E-state index >= 15 is 0 Å². The summed E-state index contributed by atoms with van der Waals surface area (Å²) in [5.41, 5.74) is 2.63. The van der Waals surface area contributed by atoms with Crippen LogP contribution in [0.15, 0.2) is 54.9 Å². The van der Waals surface area contributed by atoms with Crippen molar-refractivity contribution in [2.24, 2.45) is 0 Å². The molecule has 1 heteroatoms. The fourth-order valence-corrected chi connectivity index (χ4v) is 1.55. The van der Waals surface area contributed by atoms with Gasteiger partial charge in [0.25, 0.3) is 0 Å². The third-order valence-corrected chi connectivity index (χ3v) is 2.21. The van der Waals surface area contributed by atoms with E-state index in [1.807, 2.05) is 6.07 Å². The number of hydrogen-bond donors (Lipinski definition) is 0. The molecule has 70 valence electrons. The Morgan fingerprint density at radius 3 is 2.50 bits per heavy atom. The molecule has 1 heterocycles. The summed E-state index contributed by atoms with van der Waals surface area (Å²) in [6.45, 7) is 3.06. The molecule has 0 unspecified atom stereocenters. The van der Waals surface area contributed by atoms with Crippen molar-refractivity contribution < 1.29 is 4.57 Å². The van der Waals surface area contributed by atoms with Crippen molar-refractivity contribution in [3.05, 3.63) is 66.0 Å². The summed E-state index contributed by atoms with van der Waals surface area (Å²) in [4.78, 5) is 0. The second-order valence-electron chi connectivity index (χ2n) is 3.54. The normalized spacial score (nSPS) is 10.1. The minimum atomic E-state index is 0.947. The van der Waals surface area contributed by atoms with Crippen LogP contribution in [0, 0.1) is 6.92 Å². The zero-order valence-electron chi connectivity index (χ0n) is 8.35. The summed E-state index contributed by atoms with van der Waals surface area (Å²) < 4.78 is 2.20. The molecule has 1 nitrogen and oxygen atoms in total. The molecule has 0 aliphatic heterocycles. The first-order chi connectivity index (χ1) is 6.84. The molecule has 0 N–H and O–H groups in total. The lowest BCUT2D eigenvalue weighted by molar-refractivity contribution is -0.688. The highest BCUT2D eigenvalue weighted by molar-refractivity contribution is 5.13. The Labute approximate surface area is 84.6 Å². The average Bonchev–Trinajstić information content (AvgIpc) is 2.19. The smallest absolute Gasteiger partial charge is 0.173 e. The van der Waals surface area contributed by atoms with Gasteiger partial charge in [0.15, 0.2) is 18.9 Å². The van der Waals surface area contributed by atoms with Crippen LogP contribution in [0.2, 0.25) is 0 Å². The Kier molecular flexibility index (Phi) is 2.59. The van der Waals surface area contributed by atoms with Crippen LogP contribution in [0.5, 0.6) is 0 Å². The van der Waals surface area contributed by atoms with Gasteiger partial charge in [-0.2, -0.15) is 0 Å². The van der Waals surface area contributed by atoms with E-state index in [2.05, 4.69) is 60.3 Å². The van der Waals surface area contributed by atoms with E-state index in [9.17, 15) is 0 Å². The Bertz CT molecular complexity index is 407. The molecule has 0 saturated carbocycles. The minimum absolute atomic E-state index is 0.947. The number of pyridine rings is 1. The largest absolute Gasteiger partial charge is 0.201 e. The lowest BCUT2D eigenvalue weighted by atomic mass is 10.2. The van der Waals surface area contributed by atoms with E-state index in [0.29, 0.717) is 0 Å². The number of nitrogens with zero attached hydrogens (tertiary/aromatic N) is 1. The van der Waals surface area contributed by atoms with E-state index in [1.54, 1.807) is 0 Å². The van der Waals surface area contributed by atoms with Crippen LogP contribution in [0.25, 0.3) is 0 Å². The number of benzene rings is 1. The van der Waals surface area contributed by atoms with Crippen molar-refractivity contribution >= 4 is 0 Å². The number of aryl methyl sites for hydroxylation is 1. The molecule has 0 spiro atoms. The maximum Gasteiger partial charge on any atom is 0.173 e. The van der Waals surface area contributed by atoms with Gasteiger partial charge in [-0.15, -0.1) is 0 Å². The van der Waals surface area contributed by atoms with Gasteiger partial charge in [-0.1, -0.05) is 30.3 Å². The van der Waals surface area contributed by atoms with E-state index in [1.165, 1.54) is 11.1 Å². The summed E-state index contributed by atoms with van der Waals surface area (Å²) in [6.07, 6.45) is 4.26. The minimum Gasteiger partial charge on any atom is -0.201 e. The fourth-order valence-electron chi connectivity index (χ4n) is 1.55. The molecule has 0 amide bonds. The number of aromatic nitrogens is 1. The van der Waals surface area contributed by atoms with Crippen LogP contribution in [0.4, 0.5) is 0 Å². The lowest BCUT2D eigenvalue weighted by Crippen LogP contribution is -2.33. The molecule has 0 aliphatic rings. The first kappa shape index (κ1) is 8.95. The van der Waals surface area contributed by atoms with Crippen molar-refractivity contribution in [3.8, 4) is 0 Å². The molecule has 0 fully saturated rings. The second kappa shape index (κ2) is 4.05. The fraction of sp³-hybridized carbons (Fsp3) is 0.154. The van der Waals surface area contributed by atoms with E-state index in [4.69, 9.17) is 0 Å². The van der Waals surface area contributed by atoms with E-state index < -0.39 is 0 Å². The van der Waals surface area contributed by atoms with Gasteiger partial charge in [-0.25, -0.2) is 4.57 Å². The second-order valence-corrected chi connectivity index (χ2v) is 3.54. The Morgan fingerprint density at radius 2 is 1.79 bits per heavy atom. The third-order valence-electron chi connectivity index (χ3n) is 2.21. The molecule has 0 atom stereocenters. The van der Waals surface area contributed by atoms with Crippen molar-refractivity contribution in [1.82, 2.24) is 0 Å². The van der Waals surface area contributed by atoms with Gasteiger partial charge in [0, 0.05) is 17.2 Å². The molecule has 1 aromatic heterocycles. The van der Waals surface area contributed by atoms with Crippen molar-refractivity contribution in [1.29, 1.82) is 0 Å². The standard InChI is InChI=1S/C13H14N/c1-12-6-5-9-14(10-12)11-13-7-3-2-4-8-13/h2-10H,11H2,1H3/q+1. The molecule has 2 aromatic rings. The molecule has 1 aromatic carbocycles. The van der Waals surface area contributed by atoms with E-state index in [0.717, 1.165) is 6.54 Å². The summed E-state index contributed by atoms with van der Waals surface area (Å²) in [5.74, 6) is 0. The van der Waals surface area contributed by atoms with Crippen LogP contribution in [0.3, 0.4) is 0 Å². The summed E-state index contributed by atoms with van der Waals surface area (Å²) in [6, 6.07) is 14.7. The van der Waals surface area contributed by atoms with Gasteiger partial charge in [0.2, 0.25) is 0 Å². The molecule has 0 aliphatic carbocycles. The predicted molar refractivity (Wildman–Crippen MR) is 56.9 cm³/mol. The van der Waals surface area contributed by atoms with Crippen LogP contribution >= 0.6 is 0 Å². The molecular weight excluding hydrogens is 170 g/mol. The SMILES string of the molecule is Cc1ccc[n+](Cc2ccccc2)c1. The average molecular weight is 184 g/mol. The van der Waals surface area contributed by atoms with Crippen LogP contribution in [0.1, 0.15) is 11.1 Å². The lowest BCUT2D eigenvalue weighted by Gasteiger charge is -1.97. The predicted octanol–water partition coefficient (Wildman–Crippen LogP) is 2.33. The molecule has 0 radical (unpaired) electrons. The molecular formula is C13H14N+. The first-order valence-electron chi connectivity index (χ1n) is 4.84. The van der Waals surface area contributed by atoms with Gasteiger partial charge >= 0.3 is 0 Å². The van der Waals surface area contributed by atoms with Crippen LogP contribution < -0.4 is 4.57 Å². The maximum atomic E-state index is 2.20. The maximum absolute atomic E-state index is 2.20. The monoisotopic (exact) mass is 184 g/mol. The van der Waals surface area contributed by atoms with Gasteiger partial charge in [0.1, 0.15) is 0 Å². The summed E-state index contributed by atoms with van der Waals surface area (Å²) in [5, 5.41) is 0. The third kappa shape index (κ3) is 2.19. The molecule has 0 saturated heterocycles. The Balaban J connectivity index is 2.19.